The quantitative estimate of drug-likeness (QED) is 0.501. The summed E-state index contributed by atoms with van der Waals surface area (Å²) in [7, 11) is 0. The Labute approximate surface area is 116 Å². The molecule has 0 spiro atoms. The lowest BCUT2D eigenvalue weighted by Crippen LogP contribution is -2.17. The van der Waals surface area contributed by atoms with Gasteiger partial charge in [-0.2, -0.15) is 5.10 Å². The molecule has 0 bridgehead atoms. The number of rotatable bonds is 2. The highest BCUT2D eigenvalue weighted by Gasteiger charge is 2.02. The lowest BCUT2D eigenvalue weighted by Gasteiger charge is -2.02. The molecule has 3 nitrogen and oxygen atoms in total. The van der Waals surface area contributed by atoms with E-state index in [1.54, 1.807) is 0 Å². The Balaban J connectivity index is 1.93. The molecule has 0 saturated carbocycles. The molecule has 1 N–H and O–H groups in total. The zero-order valence-corrected chi connectivity index (χ0v) is 11.9. The topological polar surface area (TPSA) is 36.8 Å². The highest BCUT2D eigenvalue weighted by atomic mass is 127. The Hall–Kier alpha value is -0.910. The van der Waals surface area contributed by atoms with Crippen LogP contribution < -0.4 is 5.43 Å². The predicted molar refractivity (Wildman–Crippen MR) is 80.7 cm³/mol. The van der Waals surface area contributed by atoms with E-state index >= 15 is 0 Å². The second-order valence-corrected chi connectivity index (χ2v) is 5.19. The van der Waals surface area contributed by atoms with Crippen LogP contribution in [0.5, 0.6) is 0 Å². The number of aliphatic imine (C=N–C) groups is 1. The fourth-order valence-corrected chi connectivity index (χ4v) is 2.25. The van der Waals surface area contributed by atoms with Gasteiger partial charge in [0.15, 0.2) is 0 Å². The van der Waals surface area contributed by atoms with E-state index in [4.69, 9.17) is 0 Å². The van der Waals surface area contributed by atoms with Crippen molar-refractivity contribution in [2.45, 2.75) is 25.7 Å². The van der Waals surface area contributed by atoms with Gasteiger partial charge in [-0.15, -0.1) is 0 Å². The third kappa shape index (κ3) is 4.11. The zero-order chi connectivity index (χ0) is 11.9. The summed E-state index contributed by atoms with van der Waals surface area (Å²) >= 11 is 2.31. The summed E-state index contributed by atoms with van der Waals surface area (Å²) in [5.41, 5.74) is 4.19. The molecular weight excluding hydrogens is 325 g/mol. The molecule has 0 radical (unpaired) electrons. The van der Waals surface area contributed by atoms with Crippen LogP contribution in [0.3, 0.4) is 0 Å². The second kappa shape index (κ2) is 6.74. The van der Waals surface area contributed by atoms with Crippen molar-refractivity contribution >= 4 is 34.6 Å². The molecule has 4 heteroatoms. The summed E-state index contributed by atoms with van der Waals surface area (Å²) in [6, 6.07) is 8.18. The van der Waals surface area contributed by atoms with Gasteiger partial charge < -0.3 is 0 Å². The van der Waals surface area contributed by atoms with Crippen molar-refractivity contribution in [2.75, 3.05) is 6.54 Å². The molecule has 0 aromatic heterocycles. The van der Waals surface area contributed by atoms with Crippen molar-refractivity contribution < 1.29 is 0 Å². The normalized spacial score (nSPS) is 16.6. The van der Waals surface area contributed by atoms with Gasteiger partial charge >= 0.3 is 0 Å². The van der Waals surface area contributed by atoms with Gasteiger partial charge in [0.25, 0.3) is 0 Å². The number of benzene rings is 1. The van der Waals surface area contributed by atoms with E-state index in [9.17, 15) is 0 Å². The van der Waals surface area contributed by atoms with Gasteiger partial charge in [-0.25, -0.2) is 0 Å². The van der Waals surface area contributed by atoms with Crippen LogP contribution in [0.4, 0.5) is 0 Å². The minimum absolute atomic E-state index is 0.931. The van der Waals surface area contributed by atoms with E-state index in [0.29, 0.717) is 0 Å². The van der Waals surface area contributed by atoms with Crippen molar-refractivity contribution in [3.05, 3.63) is 33.4 Å². The van der Waals surface area contributed by atoms with Crippen LogP contribution >= 0.6 is 22.6 Å². The first-order chi connectivity index (χ1) is 8.36. The Morgan fingerprint density at radius 3 is 3.00 bits per heavy atom. The molecule has 1 heterocycles. The maximum atomic E-state index is 4.47. The lowest BCUT2D eigenvalue weighted by atomic mass is 10.2. The number of halogens is 1. The third-order valence-electron chi connectivity index (χ3n) is 2.68. The van der Waals surface area contributed by atoms with Crippen LogP contribution in [0.2, 0.25) is 0 Å². The van der Waals surface area contributed by atoms with Crippen molar-refractivity contribution in [3.8, 4) is 0 Å². The first kappa shape index (κ1) is 12.5. The van der Waals surface area contributed by atoms with E-state index in [1.807, 2.05) is 18.3 Å². The first-order valence-corrected chi connectivity index (χ1v) is 7.01. The van der Waals surface area contributed by atoms with Crippen LogP contribution in [-0.2, 0) is 0 Å². The molecule has 2 rings (SSSR count). The molecule has 1 aliphatic rings. The predicted octanol–water partition coefficient (Wildman–Crippen LogP) is 3.19. The molecule has 17 heavy (non-hydrogen) atoms. The summed E-state index contributed by atoms with van der Waals surface area (Å²) in [6.07, 6.45) is 6.56. The Morgan fingerprint density at radius 1 is 1.24 bits per heavy atom. The van der Waals surface area contributed by atoms with Gasteiger partial charge in [-0.3, -0.25) is 10.4 Å². The number of hydrogen-bond acceptors (Lipinski definition) is 3. The van der Waals surface area contributed by atoms with Gasteiger partial charge in [0.1, 0.15) is 5.84 Å². The van der Waals surface area contributed by atoms with Gasteiger partial charge in [-0.05, 0) is 41.5 Å². The van der Waals surface area contributed by atoms with E-state index in [-0.39, 0.29) is 0 Å². The Kier molecular flexibility index (Phi) is 4.97. The van der Waals surface area contributed by atoms with E-state index in [2.05, 4.69) is 50.2 Å². The van der Waals surface area contributed by atoms with Crippen molar-refractivity contribution in [1.29, 1.82) is 0 Å². The number of nitrogens with zero attached hydrogens (tertiary/aromatic N) is 2. The van der Waals surface area contributed by atoms with Crippen LogP contribution in [-0.4, -0.2) is 18.6 Å². The van der Waals surface area contributed by atoms with E-state index in [1.165, 1.54) is 22.8 Å². The molecule has 0 amide bonds. The average molecular weight is 341 g/mol. The lowest BCUT2D eigenvalue weighted by molar-refractivity contribution is 0.729. The van der Waals surface area contributed by atoms with Crippen LogP contribution in [0.15, 0.2) is 34.4 Å². The SMILES string of the molecule is Ic1ccccc1C=NNC1=NCCCCC1. The number of amidine groups is 1. The molecule has 1 aromatic rings. The number of nitrogens with one attached hydrogen (secondary N) is 1. The molecule has 90 valence electrons. The van der Waals surface area contributed by atoms with E-state index in [0.717, 1.165) is 24.4 Å². The minimum Gasteiger partial charge on any atom is -0.271 e. The highest BCUT2D eigenvalue weighted by Crippen LogP contribution is 2.09. The second-order valence-electron chi connectivity index (χ2n) is 4.03. The molecule has 1 aliphatic heterocycles. The van der Waals surface area contributed by atoms with Crippen LogP contribution in [0, 0.1) is 3.57 Å². The molecular formula is C13H16IN3. The Morgan fingerprint density at radius 2 is 2.12 bits per heavy atom. The van der Waals surface area contributed by atoms with Gasteiger partial charge in [0.2, 0.25) is 0 Å². The largest absolute Gasteiger partial charge is 0.271 e. The van der Waals surface area contributed by atoms with Crippen LogP contribution in [0.1, 0.15) is 31.2 Å². The summed E-state index contributed by atoms with van der Waals surface area (Å²) in [4.78, 5) is 4.47. The molecule has 0 fully saturated rings. The van der Waals surface area contributed by atoms with Gasteiger partial charge in [0, 0.05) is 22.1 Å². The Bertz CT molecular complexity index is 426. The van der Waals surface area contributed by atoms with Crippen molar-refractivity contribution in [2.24, 2.45) is 10.1 Å². The zero-order valence-electron chi connectivity index (χ0n) is 9.69. The van der Waals surface area contributed by atoms with Crippen LogP contribution in [0.25, 0.3) is 0 Å². The number of hydrogen-bond donors (Lipinski definition) is 1. The highest BCUT2D eigenvalue weighted by molar-refractivity contribution is 14.1. The van der Waals surface area contributed by atoms with Gasteiger partial charge in [-0.1, -0.05) is 24.6 Å². The fraction of sp³-hybridized carbons (Fsp3) is 0.385. The summed E-state index contributed by atoms with van der Waals surface area (Å²) < 4.78 is 1.21. The summed E-state index contributed by atoms with van der Waals surface area (Å²) in [5.74, 6) is 1.02. The monoisotopic (exact) mass is 341 g/mol. The maximum Gasteiger partial charge on any atom is 0.117 e. The fourth-order valence-electron chi connectivity index (χ4n) is 1.72. The molecule has 1 aromatic carbocycles. The third-order valence-corrected chi connectivity index (χ3v) is 3.66. The average Bonchev–Trinajstić information content (AvgIpc) is 2.60. The first-order valence-electron chi connectivity index (χ1n) is 5.93. The standard InChI is InChI=1S/C13H16IN3/c14-12-7-4-3-6-11(12)10-16-17-13-8-2-1-5-9-15-13/h3-4,6-7,10H,1-2,5,8-9H2,(H,15,17). The maximum absolute atomic E-state index is 4.47. The summed E-state index contributed by atoms with van der Waals surface area (Å²) in [5, 5.41) is 4.26. The molecule has 0 unspecified atom stereocenters. The van der Waals surface area contributed by atoms with Crippen molar-refractivity contribution in [3.63, 3.8) is 0 Å². The molecule has 0 saturated heterocycles. The minimum atomic E-state index is 0.931. The van der Waals surface area contributed by atoms with Crippen molar-refractivity contribution in [1.82, 2.24) is 5.43 Å². The smallest absolute Gasteiger partial charge is 0.117 e. The van der Waals surface area contributed by atoms with E-state index < -0.39 is 0 Å². The molecule has 0 aliphatic carbocycles. The number of hydrazone groups is 1. The molecule has 0 atom stereocenters. The van der Waals surface area contributed by atoms with Gasteiger partial charge in [0.05, 0.1) is 6.21 Å². The summed E-state index contributed by atoms with van der Waals surface area (Å²) in [6.45, 7) is 0.931.